The number of likely N-dealkylation sites (tertiary alicyclic amines) is 1. The molecule has 2 saturated heterocycles. The van der Waals surface area contributed by atoms with E-state index in [1.807, 2.05) is 0 Å². The van der Waals surface area contributed by atoms with Crippen LogP contribution in [0.1, 0.15) is 37.1 Å². The maximum atomic E-state index is 11.5. The Labute approximate surface area is 138 Å². The van der Waals surface area contributed by atoms with Gasteiger partial charge in [-0.3, -0.25) is 9.69 Å². The van der Waals surface area contributed by atoms with Gasteiger partial charge in [-0.15, -0.1) is 11.3 Å². The predicted molar refractivity (Wildman–Crippen MR) is 89.3 cm³/mol. The van der Waals surface area contributed by atoms with E-state index in [-0.39, 0.29) is 18.0 Å². The Balaban J connectivity index is 1.74. The number of halogens is 1. The van der Waals surface area contributed by atoms with Gasteiger partial charge >= 0.3 is 0 Å². The number of hydrogen-bond donors (Lipinski definition) is 2. The lowest BCUT2D eigenvalue weighted by Gasteiger charge is -2.45. The third-order valence-electron chi connectivity index (χ3n) is 4.63. The van der Waals surface area contributed by atoms with Crippen LogP contribution in [0, 0.1) is 5.92 Å². The fraction of sp³-hybridized carbons (Fsp3) is 0.667. The number of rotatable bonds is 3. The molecule has 0 aromatic carbocycles. The largest absolute Gasteiger partial charge is 0.353 e. The molecule has 0 saturated carbocycles. The quantitative estimate of drug-likeness (QED) is 0.857. The third-order valence-corrected chi connectivity index (χ3v) is 6.33. The number of carbonyl (C=O) groups is 1. The molecule has 116 valence electrons. The zero-order valence-electron chi connectivity index (χ0n) is 12.2. The summed E-state index contributed by atoms with van der Waals surface area (Å²) in [6, 6.07) is 5.02. The van der Waals surface area contributed by atoms with E-state index in [4.69, 9.17) is 5.73 Å². The number of fused-ring (bicyclic) bond motifs is 1. The molecule has 3 N–H and O–H groups in total. The first-order valence-electron chi connectivity index (χ1n) is 7.59. The van der Waals surface area contributed by atoms with Crippen LogP contribution in [0.25, 0.3) is 0 Å². The Hall–Kier alpha value is -0.430. The van der Waals surface area contributed by atoms with E-state index in [2.05, 4.69) is 45.2 Å². The molecule has 1 aromatic rings. The lowest BCUT2D eigenvalue weighted by Crippen LogP contribution is -2.55. The molecule has 2 aliphatic rings. The summed E-state index contributed by atoms with van der Waals surface area (Å²) in [5.41, 5.74) is 6.28. The van der Waals surface area contributed by atoms with Crippen molar-refractivity contribution in [2.24, 2.45) is 11.7 Å². The molecule has 4 atom stereocenters. The molecule has 1 aromatic heterocycles. The molecule has 3 heterocycles. The van der Waals surface area contributed by atoms with Crippen LogP contribution in [0.3, 0.4) is 0 Å². The summed E-state index contributed by atoms with van der Waals surface area (Å²) in [5, 5.41) is 3.15. The first-order valence-corrected chi connectivity index (χ1v) is 9.20. The van der Waals surface area contributed by atoms with Crippen LogP contribution >= 0.6 is 27.3 Å². The molecule has 2 fully saturated rings. The number of nitrogens with one attached hydrogen (secondary N) is 1. The van der Waals surface area contributed by atoms with E-state index in [1.165, 1.54) is 4.88 Å². The van der Waals surface area contributed by atoms with Crippen LogP contribution < -0.4 is 11.1 Å². The summed E-state index contributed by atoms with van der Waals surface area (Å²) in [7, 11) is 0. The second-order valence-corrected chi connectivity index (χ2v) is 8.70. The highest BCUT2D eigenvalue weighted by Gasteiger charge is 2.37. The smallest absolute Gasteiger partial charge is 0.220 e. The van der Waals surface area contributed by atoms with Gasteiger partial charge < -0.3 is 11.1 Å². The van der Waals surface area contributed by atoms with Crippen LogP contribution in [-0.2, 0) is 4.79 Å². The van der Waals surface area contributed by atoms with Crippen molar-refractivity contribution >= 4 is 33.2 Å². The van der Waals surface area contributed by atoms with Gasteiger partial charge in [0.2, 0.25) is 5.91 Å². The van der Waals surface area contributed by atoms with E-state index >= 15 is 0 Å². The molecular weight excluding hydrogens is 350 g/mol. The zero-order valence-corrected chi connectivity index (χ0v) is 14.6. The second kappa shape index (κ2) is 6.36. The Morgan fingerprint density at radius 1 is 1.48 bits per heavy atom. The molecule has 21 heavy (non-hydrogen) atoms. The van der Waals surface area contributed by atoms with Crippen LogP contribution in [0.2, 0.25) is 0 Å². The van der Waals surface area contributed by atoms with Gasteiger partial charge in [0, 0.05) is 36.5 Å². The highest BCUT2D eigenvalue weighted by molar-refractivity contribution is 9.11. The molecule has 2 aliphatic heterocycles. The van der Waals surface area contributed by atoms with Crippen molar-refractivity contribution in [2.45, 2.75) is 44.3 Å². The maximum absolute atomic E-state index is 11.5. The number of nitrogens with two attached hydrogens (primary N) is 1. The van der Waals surface area contributed by atoms with Gasteiger partial charge in [-0.25, -0.2) is 0 Å². The van der Waals surface area contributed by atoms with Crippen LogP contribution in [0.5, 0.6) is 0 Å². The van der Waals surface area contributed by atoms with E-state index in [0.29, 0.717) is 18.4 Å². The second-order valence-electron chi connectivity index (χ2n) is 6.20. The molecule has 6 heteroatoms. The van der Waals surface area contributed by atoms with E-state index in [9.17, 15) is 4.79 Å². The molecule has 0 aliphatic carbocycles. The number of amides is 1. The summed E-state index contributed by atoms with van der Waals surface area (Å²) in [5.74, 6) is 0.789. The molecular formula is C15H22BrN3OS. The standard InChI is InChI=1S/C15H22BrN3OS/c1-9(17)15(12-3-4-13(16)21-12)19-7-6-11-10(8-19)2-5-14(20)18-11/h3-4,9-11,15H,2,5-8,17H2,1H3,(H,18,20). The molecule has 0 bridgehead atoms. The van der Waals surface area contributed by atoms with E-state index in [1.54, 1.807) is 11.3 Å². The lowest BCUT2D eigenvalue weighted by atomic mass is 9.84. The van der Waals surface area contributed by atoms with Crippen molar-refractivity contribution in [1.82, 2.24) is 10.2 Å². The van der Waals surface area contributed by atoms with Crippen molar-refractivity contribution in [3.63, 3.8) is 0 Å². The van der Waals surface area contributed by atoms with Gasteiger partial charge in [-0.05, 0) is 53.7 Å². The van der Waals surface area contributed by atoms with Crippen molar-refractivity contribution in [3.8, 4) is 0 Å². The number of thiophene rings is 1. The Morgan fingerprint density at radius 2 is 2.29 bits per heavy atom. The molecule has 4 unspecified atom stereocenters. The van der Waals surface area contributed by atoms with Gasteiger partial charge in [0.25, 0.3) is 0 Å². The lowest BCUT2D eigenvalue weighted by molar-refractivity contribution is -0.125. The van der Waals surface area contributed by atoms with Gasteiger partial charge in [0.15, 0.2) is 0 Å². The highest BCUT2D eigenvalue weighted by atomic mass is 79.9. The zero-order chi connectivity index (χ0) is 15.0. The molecule has 0 spiro atoms. The fourth-order valence-corrected chi connectivity index (χ4v) is 5.32. The van der Waals surface area contributed by atoms with Crippen molar-refractivity contribution in [1.29, 1.82) is 0 Å². The minimum absolute atomic E-state index is 0.102. The van der Waals surface area contributed by atoms with E-state index < -0.39 is 0 Å². The summed E-state index contributed by atoms with van der Waals surface area (Å²) in [6.45, 7) is 4.13. The van der Waals surface area contributed by atoms with Gasteiger partial charge in [0.05, 0.1) is 9.83 Å². The normalized spacial score (nSPS) is 29.6. The van der Waals surface area contributed by atoms with Crippen molar-refractivity contribution < 1.29 is 4.79 Å². The molecule has 1 amide bonds. The van der Waals surface area contributed by atoms with Crippen LogP contribution in [-0.4, -0.2) is 36.0 Å². The Bertz CT molecular complexity index is 519. The monoisotopic (exact) mass is 371 g/mol. The topological polar surface area (TPSA) is 58.4 Å². The summed E-state index contributed by atoms with van der Waals surface area (Å²) >= 11 is 5.32. The van der Waals surface area contributed by atoms with Gasteiger partial charge in [-0.1, -0.05) is 0 Å². The van der Waals surface area contributed by atoms with E-state index in [0.717, 1.165) is 29.7 Å². The molecule has 3 rings (SSSR count). The Morgan fingerprint density at radius 3 is 2.95 bits per heavy atom. The van der Waals surface area contributed by atoms with Crippen LogP contribution in [0.4, 0.5) is 0 Å². The van der Waals surface area contributed by atoms with Crippen LogP contribution in [0.15, 0.2) is 15.9 Å². The first kappa shape index (κ1) is 15.5. The Kier molecular flexibility index (Phi) is 4.69. The summed E-state index contributed by atoms with van der Waals surface area (Å²) in [4.78, 5) is 15.4. The maximum Gasteiger partial charge on any atom is 0.220 e. The highest BCUT2D eigenvalue weighted by Crippen LogP contribution is 2.36. The minimum Gasteiger partial charge on any atom is -0.353 e. The number of piperidine rings is 2. The summed E-state index contributed by atoms with van der Waals surface area (Å²) in [6.07, 6.45) is 2.71. The van der Waals surface area contributed by atoms with Gasteiger partial charge in [0.1, 0.15) is 0 Å². The van der Waals surface area contributed by atoms with Crippen molar-refractivity contribution in [2.75, 3.05) is 13.1 Å². The first-order chi connectivity index (χ1) is 10.0. The molecule has 0 radical (unpaired) electrons. The average Bonchev–Trinajstić information content (AvgIpc) is 2.85. The number of hydrogen-bond acceptors (Lipinski definition) is 4. The SMILES string of the molecule is CC(N)C(c1ccc(Br)s1)N1CCC2NC(=O)CCC2C1. The van der Waals surface area contributed by atoms with Gasteiger partial charge in [-0.2, -0.15) is 0 Å². The minimum atomic E-state index is 0.102. The molecule has 4 nitrogen and oxygen atoms in total. The van der Waals surface area contributed by atoms with Crippen molar-refractivity contribution in [3.05, 3.63) is 20.8 Å². The number of carbonyl (C=O) groups excluding carboxylic acids is 1. The predicted octanol–water partition coefficient (Wildman–Crippen LogP) is 2.50. The summed E-state index contributed by atoms with van der Waals surface area (Å²) < 4.78 is 1.16. The number of nitrogens with zero attached hydrogens (tertiary/aromatic N) is 1. The third kappa shape index (κ3) is 3.33. The average molecular weight is 372 g/mol. The fourth-order valence-electron chi connectivity index (χ4n) is 3.65.